The third kappa shape index (κ3) is 5.44. The lowest BCUT2D eigenvalue weighted by Crippen LogP contribution is -2.28. The van der Waals surface area contributed by atoms with E-state index in [-0.39, 0.29) is 5.91 Å². The number of methoxy groups -OCH3 is 1. The molecular formula is C11H19N5O2. The van der Waals surface area contributed by atoms with Crippen LogP contribution in [0.4, 0.5) is 11.6 Å². The van der Waals surface area contributed by atoms with Gasteiger partial charge in [0.1, 0.15) is 18.0 Å². The predicted molar refractivity (Wildman–Crippen MR) is 69.6 cm³/mol. The molecule has 1 rings (SSSR count). The molecule has 1 heterocycles. The Labute approximate surface area is 106 Å². The first-order valence-corrected chi connectivity index (χ1v) is 5.75. The standard InChI is InChI=1S/C11H19N5O2/c1-12-9-7-10(16-8-15-9)13-4-3-11(17)14-5-6-18-2/h7-8H,3-6H2,1-2H3,(H,14,17)(H2,12,13,15,16). The van der Waals surface area contributed by atoms with Crippen molar-refractivity contribution in [2.24, 2.45) is 0 Å². The number of anilines is 2. The Kier molecular flexibility index (Phi) is 6.49. The molecule has 0 fully saturated rings. The monoisotopic (exact) mass is 253 g/mol. The van der Waals surface area contributed by atoms with Gasteiger partial charge in [-0.3, -0.25) is 4.79 Å². The zero-order valence-electron chi connectivity index (χ0n) is 10.7. The van der Waals surface area contributed by atoms with E-state index in [0.717, 1.165) is 5.82 Å². The molecule has 0 radical (unpaired) electrons. The van der Waals surface area contributed by atoms with Gasteiger partial charge in [-0.15, -0.1) is 0 Å². The van der Waals surface area contributed by atoms with Gasteiger partial charge in [0.25, 0.3) is 0 Å². The van der Waals surface area contributed by atoms with Crippen molar-refractivity contribution in [1.82, 2.24) is 15.3 Å². The molecule has 0 bridgehead atoms. The van der Waals surface area contributed by atoms with Crippen LogP contribution < -0.4 is 16.0 Å². The smallest absolute Gasteiger partial charge is 0.221 e. The molecular weight excluding hydrogens is 234 g/mol. The largest absolute Gasteiger partial charge is 0.383 e. The number of hydrogen-bond acceptors (Lipinski definition) is 6. The normalized spacial score (nSPS) is 9.89. The molecule has 0 aliphatic rings. The number of ether oxygens (including phenoxy) is 1. The van der Waals surface area contributed by atoms with Crippen molar-refractivity contribution in [3.05, 3.63) is 12.4 Å². The molecule has 18 heavy (non-hydrogen) atoms. The highest BCUT2D eigenvalue weighted by Gasteiger charge is 2.01. The Morgan fingerprint density at radius 3 is 2.83 bits per heavy atom. The minimum Gasteiger partial charge on any atom is -0.383 e. The van der Waals surface area contributed by atoms with E-state index >= 15 is 0 Å². The SMILES string of the molecule is CNc1cc(NCCC(=O)NCCOC)ncn1. The number of nitrogens with one attached hydrogen (secondary N) is 3. The van der Waals surface area contributed by atoms with Gasteiger partial charge in [0, 0.05) is 39.7 Å². The summed E-state index contributed by atoms with van der Waals surface area (Å²) in [4.78, 5) is 19.4. The minimum absolute atomic E-state index is 0.0116. The van der Waals surface area contributed by atoms with Gasteiger partial charge in [-0.1, -0.05) is 0 Å². The lowest BCUT2D eigenvalue weighted by atomic mass is 10.4. The van der Waals surface area contributed by atoms with Crippen LogP contribution >= 0.6 is 0 Å². The van der Waals surface area contributed by atoms with Gasteiger partial charge < -0.3 is 20.7 Å². The number of hydrogen-bond donors (Lipinski definition) is 3. The number of rotatable bonds is 8. The number of aromatic nitrogens is 2. The van der Waals surface area contributed by atoms with Gasteiger partial charge in [0.2, 0.25) is 5.91 Å². The molecule has 7 heteroatoms. The maximum atomic E-state index is 11.4. The third-order valence-corrected chi connectivity index (χ3v) is 2.21. The maximum Gasteiger partial charge on any atom is 0.221 e. The molecule has 0 aromatic carbocycles. The van der Waals surface area contributed by atoms with Crippen molar-refractivity contribution < 1.29 is 9.53 Å². The molecule has 0 aliphatic carbocycles. The fourth-order valence-corrected chi connectivity index (χ4v) is 1.28. The summed E-state index contributed by atoms with van der Waals surface area (Å²) in [5, 5.41) is 8.72. The average Bonchev–Trinajstić information content (AvgIpc) is 2.39. The maximum absolute atomic E-state index is 11.4. The van der Waals surface area contributed by atoms with E-state index in [1.54, 1.807) is 20.2 Å². The highest BCUT2D eigenvalue weighted by Crippen LogP contribution is 2.06. The zero-order chi connectivity index (χ0) is 13.2. The zero-order valence-corrected chi connectivity index (χ0v) is 10.7. The van der Waals surface area contributed by atoms with E-state index < -0.39 is 0 Å². The molecule has 0 atom stereocenters. The molecule has 0 saturated carbocycles. The third-order valence-electron chi connectivity index (χ3n) is 2.21. The number of carbonyl (C=O) groups is 1. The van der Waals surface area contributed by atoms with E-state index in [2.05, 4.69) is 25.9 Å². The second-order valence-electron chi connectivity index (χ2n) is 3.56. The van der Waals surface area contributed by atoms with Crippen LogP contribution in [0.1, 0.15) is 6.42 Å². The lowest BCUT2D eigenvalue weighted by molar-refractivity contribution is -0.121. The number of carbonyl (C=O) groups excluding carboxylic acids is 1. The van der Waals surface area contributed by atoms with Gasteiger partial charge >= 0.3 is 0 Å². The van der Waals surface area contributed by atoms with Crippen LogP contribution in [0.25, 0.3) is 0 Å². The van der Waals surface area contributed by atoms with E-state index in [9.17, 15) is 4.79 Å². The van der Waals surface area contributed by atoms with Gasteiger partial charge in [0.05, 0.1) is 6.61 Å². The highest BCUT2D eigenvalue weighted by molar-refractivity contribution is 5.76. The molecule has 1 aromatic rings. The molecule has 100 valence electrons. The summed E-state index contributed by atoms with van der Waals surface area (Å²) in [5.74, 6) is 1.42. The lowest BCUT2D eigenvalue weighted by Gasteiger charge is -2.07. The average molecular weight is 253 g/mol. The van der Waals surface area contributed by atoms with Crippen molar-refractivity contribution in [2.45, 2.75) is 6.42 Å². The predicted octanol–water partition coefficient (Wildman–Crippen LogP) is 0.0829. The Morgan fingerprint density at radius 2 is 2.11 bits per heavy atom. The van der Waals surface area contributed by atoms with Gasteiger partial charge in [-0.2, -0.15) is 0 Å². The van der Waals surface area contributed by atoms with Crippen molar-refractivity contribution >= 4 is 17.5 Å². The Morgan fingerprint density at radius 1 is 1.33 bits per heavy atom. The summed E-state index contributed by atoms with van der Waals surface area (Å²) in [7, 11) is 3.39. The fourth-order valence-electron chi connectivity index (χ4n) is 1.28. The number of nitrogens with zero attached hydrogens (tertiary/aromatic N) is 2. The van der Waals surface area contributed by atoms with Crippen LogP contribution in [0.2, 0.25) is 0 Å². The second-order valence-corrected chi connectivity index (χ2v) is 3.56. The van der Waals surface area contributed by atoms with Gasteiger partial charge in [-0.05, 0) is 0 Å². The van der Waals surface area contributed by atoms with Crippen LogP contribution in [0.5, 0.6) is 0 Å². The summed E-state index contributed by atoms with van der Waals surface area (Å²) in [6.45, 7) is 1.59. The van der Waals surface area contributed by atoms with Crippen LogP contribution in [-0.4, -0.2) is 49.7 Å². The van der Waals surface area contributed by atoms with Gasteiger partial charge in [-0.25, -0.2) is 9.97 Å². The molecule has 0 spiro atoms. The van der Waals surface area contributed by atoms with Crippen LogP contribution in [-0.2, 0) is 9.53 Å². The Hall–Kier alpha value is -1.89. The van der Waals surface area contributed by atoms with Gasteiger partial charge in [0.15, 0.2) is 0 Å². The van der Waals surface area contributed by atoms with E-state index in [1.807, 2.05) is 0 Å². The van der Waals surface area contributed by atoms with Crippen molar-refractivity contribution in [3.8, 4) is 0 Å². The summed E-state index contributed by atoms with van der Waals surface area (Å²) < 4.78 is 4.84. The molecule has 1 amide bonds. The van der Waals surface area contributed by atoms with E-state index in [0.29, 0.717) is 31.9 Å². The Bertz CT molecular complexity index is 372. The summed E-state index contributed by atoms with van der Waals surface area (Å²) in [6, 6.07) is 1.78. The molecule has 0 unspecified atom stereocenters. The quantitative estimate of drug-likeness (QED) is 0.569. The van der Waals surface area contributed by atoms with E-state index in [1.165, 1.54) is 6.33 Å². The van der Waals surface area contributed by atoms with Crippen molar-refractivity contribution in [1.29, 1.82) is 0 Å². The topological polar surface area (TPSA) is 88.2 Å². The van der Waals surface area contributed by atoms with Crippen LogP contribution in [0.3, 0.4) is 0 Å². The molecule has 0 saturated heterocycles. The molecule has 7 nitrogen and oxygen atoms in total. The minimum atomic E-state index is -0.0116. The van der Waals surface area contributed by atoms with E-state index in [4.69, 9.17) is 4.74 Å². The second kappa shape index (κ2) is 8.24. The fraction of sp³-hybridized carbons (Fsp3) is 0.545. The first-order valence-electron chi connectivity index (χ1n) is 5.75. The highest BCUT2D eigenvalue weighted by atomic mass is 16.5. The molecule has 3 N–H and O–H groups in total. The number of amides is 1. The summed E-state index contributed by atoms with van der Waals surface area (Å²) in [5.41, 5.74) is 0. The molecule has 1 aromatic heterocycles. The van der Waals surface area contributed by atoms with Crippen LogP contribution in [0, 0.1) is 0 Å². The summed E-state index contributed by atoms with van der Waals surface area (Å²) in [6.07, 6.45) is 1.86. The Balaban J connectivity index is 2.22. The first kappa shape index (κ1) is 14.2. The first-order chi connectivity index (χ1) is 8.76. The van der Waals surface area contributed by atoms with Crippen molar-refractivity contribution in [3.63, 3.8) is 0 Å². The summed E-state index contributed by atoms with van der Waals surface area (Å²) >= 11 is 0. The van der Waals surface area contributed by atoms with Crippen molar-refractivity contribution in [2.75, 3.05) is 44.5 Å². The van der Waals surface area contributed by atoms with Crippen LogP contribution in [0.15, 0.2) is 12.4 Å². The molecule has 0 aliphatic heterocycles.